The molecule has 5 heteroatoms. The Morgan fingerprint density at radius 2 is 1.65 bits per heavy atom. The first kappa shape index (κ1) is 18.0. The number of benzene rings is 2. The van der Waals surface area contributed by atoms with Gasteiger partial charge in [-0.05, 0) is 34.6 Å². The van der Waals surface area contributed by atoms with Crippen molar-refractivity contribution in [2.75, 3.05) is 13.2 Å². The predicted molar refractivity (Wildman–Crippen MR) is 99.1 cm³/mol. The van der Waals surface area contributed by atoms with E-state index in [1.54, 1.807) is 0 Å². The second-order valence-corrected chi connectivity index (χ2v) is 6.74. The number of ether oxygens (including phenoxy) is 1. The minimum absolute atomic E-state index is 0.0152. The minimum atomic E-state index is -0.821. The van der Waals surface area contributed by atoms with Gasteiger partial charge in [-0.25, -0.2) is 4.79 Å². The van der Waals surface area contributed by atoms with Crippen molar-refractivity contribution in [3.63, 3.8) is 0 Å². The summed E-state index contributed by atoms with van der Waals surface area (Å²) in [6.07, 6.45) is 0.248. The van der Waals surface area contributed by atoms with Gasteiger partial charge in [-0.1, -0.05) is 55.5 Å². The fourth-order valence-corrected chi connectivity index (χ4v) is 3.47. The smallest absolute Gasteiger partial charge is 0.407 e. The second kappa shape index (κ2) is 8.04. The van der Waals surface area contributed by atoms with Gasteiger partial charge in [0.2, 0.25) is 0 Å². The van der Waals surface area contributed by atoms with Crippen LogP contribution >= 0.6 is 0 Å². The van der Waals surface area contributed by atoms with Crippen LogP contribution < -0.4 is 5.32 Å². The van der Waals surface area contributed by atoms with Crippen LogP contribution in [0.3, 0.4) is 0 Å². The Labute approximate surface area is 153 Å². The number of hydrogen-bond acceptors (Lipinski definition) is 3. The summed E-state index contributed by atoms with van der Waals surface area (Å²) in [5.74, 6) is -0.765. The molecule has 0 saturated heterocycles. The highest BCUT2D eigenvalue weighted by Crippen LogP contribution is 2.44. The normalized spacial score (nSPS) is 13.6. The lowest BCUT2D eigenvalue weighted by molar-refractivity contribution is -0.138. The predicted octanol–water partition coefficient (Wildman–Crippen LogP) is 4.03. The number of nitrogens with one attached hydrogen (secondary N) is 1. The first-order valence-electron chi connectivity index (χ1n) is 8.87. The molecule has 1 aliphatic carbocycles. The summed E-state index contributed by atoms with van der Waals surface area (Å²) in [7, 11) is 0. The van der Waals surface area contributed by atoms with E-state index in [1.807, 2.05) is 31.2 Å². The molecule has 0 fully saturated rings. The quantitative estimate of drug-likeness (QED) is 0.788. The van der Waals surface area contributed by atoms with E-state index < -0.39 is 12.1 Å². The van der Waals surface area contributed by atoms with Gasteiger partial charge in [0, 0.05) is 18.9 Å². The zero-order valence-corrected chi connectivity index (χ0v) is 14.8. The fraction of sp³-hybridized carbons (Fsp3) is 0.333. The topological polar surface area (TPSA) is 75.6 Å². The van der Waals surface area contributed by atoms with E-state index in [-0.39, 0.29) is 24.9 Å². The maximum absolute atomic E-state index is 12.0. The zero-order valence-electron chi connectivity index (χ0n) is 14.8. The third kappa shape index (κ3) is 4.04. The van der Waals surface area contributed by atoms with E-state index in [0.29, 0.717) is 13.0 Å². The standard InChI is InChI=1S/C21H23NO4/c1-14(12-20(23)24)10-11-22-21(25)26-13-19-17-8-4-2-6-15(17)16-7-3-5-9-18(16)19/h2-9,14,19H,10-13H2,1H3,(H,22,25)(H,23,24)/t14-/m1/s1. The number of fused-ring (bicyclic) bond motifs is 3. The lowest BCUT2D eigenvalue weighted by Gasteiger charge is -2.15. The van der Waals surface area contributed by atoms with Gasteiger partial charge in [0.05, 0.1) is 0 Å². The van der Waals surface area contributed by atoms with Gasteiger partial charge in [-0.15, -0.1) is 0 Å². The molecule has 136 valence electrons. The fourth-order valence-electron chi connectivity index (χ4n) is 3.47. The third-order valence-electron chi connectivity index (χ3n) is 4.77. The maximum Gasteiger partial charge on any atom is 0.407 e. The first-order valence-corrected chi connectivity index (χ1v) is 8.87. The summed E-state index contributed by atoms with van der Waals surface area (Å²) in [5.41, 5.74) is 4.74. The number of carboxylic acids is 1. The van der Waals surface area contributed by atoms with Crippen molar-refractivity contribution in [1.82, 2.24) is 5.32 Å². The van der Waals surface area contributed by atoms with Crippen LogP contribution in [0.25, 0.3) is 11.1 Å². The van der Waals surface area contributed by atoms with Crippen LogP contribution in [0.15, 0.2) is 48.5 Å². The van der Waals surface area contributed by atoms with Crippen LogP contribution in [-0.4, -0.2) is 30.3 Å². The molecular formula is C21H23NO4. The molecule has 2 aromatic rings. The molecule has 1 aliphatic rings. The van der Waals surface area contributed by atoms with Crippen LogP contribution in [0.1, 0.15) is 36.8 Å². The molecule has 2 N–H and O–H groups in total. The lowest BCUT2D eigenvalue weighted by Crippen LogP contribution is -2.28. The van der Waals surface area contributed by atoms with Crippen molar-refractivity contribution in [2.24, 2.45) is 5.92 Å². The largest absolute Gasteiger partial charge is 0.481 e. The number of aliphatic carboxylic acids is 1. The molecule has 0 unspecified atom stereocenters. The number of rotatable bonds is 7. The Morgan fingerprint density at radius 1 is 1.08 bits per heavy atom. The second-order valence-electron chi connectivity index (χ2n) is 6.74. The van der Waals surface area contributed by atoms with Crippen molar-refractivity contribution in [1.29, 1.82) is 0 Å². The van der Waals surface area contributed by atoms with Crippen molar-refractivity contribution in [3.05, 3.63) is 59.7 Å². The molecule has 2 aromatic carbocycles. The number of amides is 1. The van der Waals surface area contributed by atoms with E-state index in [2.05, 4.69) is 29.6 Å². The monoisotopic (exact) mass is 353 g/mol. The number of carbonyl (C=O) groups is 2. The molecule has 0 heterocycles. The molecule has 5 nitrogen and oxygen atoms in total. The number of carboxylic acid groups (broad SMARTS) is 1. The van der Waals surface area contributed by atoms with E-state index in [4.69, 9.17) is 9.84 Å². The molecule has 0 spiro atoms. The minimum Gasteiger partial charge on any atom is -0.481 e. The van der Waals surface area contributed by atoms with E-state index >= 15 is 0 Å². The van der Waals surface area contributed by atoms with Crippen molar-refractivity contribution in [3.8, 4) is 11.1 Å². The molecule has 0 bridgehead atoms. The van der Waals surface area contributed by atoms with Gasteiger partial charge in [-0.3, -0.25) is 4.79 Å². The average Bonchev–Trinajstić information content (AvgIpc) is 2.93. The third-order valence-corrected chi connectivity index (χ3v) is 4.77. The Hall–Kier alpha value is -2.82. The average molecular weight is 353 g/mol. The number of alkyl carbamates (subject to hydrolysis) is 1. The van der Waals surface area contributed by atoms with Gasteiger partial charge >= 0.3 is 12.1 Å². The van der Waals surface area contributed by atoms with Gasteiger partial charge in [0.15, 0.2) is 0 Å². The molecule has 1 amide bonds. The van der Waals surface area contributed by atoms with E-state index in [1.165, 1.54) is 22.3 Å². The van der Waals surface area contributed by atoms with Gasteiger partial charge in [-0.2, -0.15) is 0 Å². The van der Waals surface area contributed by atoms with Crippen molar-refractivity contribution >= 4 is 12.1 Å². The van der Waals surface area contributed by atoms with Crippen molar-refractivity contribution < 1.29 is 19.4 Å². The molecule has 26 heavy (non-hydrogen) atoms. The number of carbonyl (C=O) groups excluding carboxylic acids is 1. The Bertz CT molecular complexity index is 757. The molecule has 3 rings (SSSR count). The number of hydrogen-bond donors (Lipinski definition) is 2. The van der Waals surface area contributed by atoms with E-state index in [0.717, 1.165) is 0 Å². The zero-order chi connectivity index (χ0) is 18.5. The Balaban J connectivity index is 1.55. The molecule has 0 aliphatic heterocycles. The summed E-state index contributed by atoms with van der Waals surface area (Å²) in [6.45, 7) is 2.54. The highest BCUT2D eigenvalue weighted by molar-refractivity contribution is 5.79. The first-order chi connectivity index (χ1) is 12.6. The highest BCUT2D eigenvalue weighted by Gasteiger charge is 2.28. The van der Waals surface area contributed by atoms with E-state index in [9.17, 15) is 9.59 Å². The molecule has 0 aromatic heterocycles. The molecule has 0 saturated carbocycles. The summed E-state index contributed by atoms with van der Waals surface area (Å²) in [6, 6.07) is 16.4. The summed E-state index contributed by atoms with van der Waals surface area (Å²) in [5, 5.41) is 11.5. The Morgan fingerprint density at radius 3 is 2.23 bits per heavy atom. The lowest BCUT2D eigenvalue weighted by atomic mass is 9.98. The van der Waals surface area contributed by atoms with Crippen molar-refractivity contribution in [2.45, 2.75) is 25.7 Å². The van der Waals surface area contributed by atoms with Crippen LogP contribution in [0.4, 0.5) is 4.79 Å². The molecular weight excluding hydrogens is 330 g/mol. The van der Waals surface area contributed by atoms with Gasteiger partial charge in [0.25, 0.3) is 0 Å². The van der Waals surface area contributed by atoms with Crippen LogP contribution in [-0.2, 0) is 9.53 Å². The summed E-state index contributed by atoms with van der Waals surface area (Å²) >= 11 is 0. The van der Waals surface area contributed by atoms with Gasteiger partial charge in [0.1, 0.15) is 6.61 Å². The van der Waals surface area contributed by atoms with Crippen LogP contribution in [0, 0.1) is 5.92 Å². The Kier molecular flexibility index (Phi) is 5.56. The summed E-state index contributed by atoms with van der Waals surface area (Å²) in [4.78, 5) is 22.6. The van der Waals surface area contributed by atoms with Gasteiger partial charge < -0.3 is 15.2 Å². The highest BCUT2D eigenvalue weighted by atomic mass is 16.5. The summed E-state index contributed by atoms with van der Waals surface area (Å²) < 4.78 is 5.44. The molecule has 1 atom stereocenters. The van der Waals surface area contributed by atoms with Crippen LogP contribution in [0.5, 0.6) is 0 Å². The SMILES string of the molecule is C[C@H](CCNC(=O)OCC1c2ccccc2-c2ccccc21)CC(=O)O. The van der Waals surface area contributed by atoms with Crippen LogP contribution in [0.2, 0.25) is 0 Å². The molecule has 0 radical (unpaired) electrons. The maximum atomic E-state index is 12.0.